The molecule has 0 aliphatic carbocycles. The minimum atomic E-state index is -1.25. The van der Waals surface area contributed by atoms with Gasteiger partial charge < -0.3 is 15.8 Å². The van der Waals surface area contributed by atoms with Crippen molar-refractivity contribution in [3.05, 3.63) is 63.6 Å². The van der Waals surface area contributed by atoms with Crippen molar-refractivity contribution in [1.29, 1.82) is 0 Å². The monoisotopic (exact) mass is 363 g/mol. The molecule has 4 N–H and O–H groups in total. The molecule has 1 unspecified atom stereocenters. The van der Waals surface area contributed by atoms with Crippen molar-refractivity contribution in [2.45, 2.75) is 6.10 Å². The molecular formula is C15H11BrFN3O2. The van der Waals surface area contributed by atoms with Crippen LogP contribution in [0.25, 0.3) is 11.0 Å². The maximum absolute atomic E-state index is 14.3. The Balaban J connectivity index is 2.14. The van der Waals surface area contributed by atoms with E-state index in [-0.39, 0.29) is 11.1 Å². The first-order valence-corrected chi connectivity index (χ1v) is 7.17. The lowest BCUT2D eigenvalue weighted by atomic mass is 9.99. The van der Waals surface area contributed by atoms with Crippen molar-refractivity contribution < 1.29 is 14.3 Å². The Labute approximate surface area is 133 Å². The summed E-state index contributed by atoms with van der Waals surface area (Å²) < 4.78 is 15.1. The summed E-state index contributed by atoms with van der Waals surface area (Å²) in [5.41, 5.74) is 5.89. The van der Waals surface area contributed by atoms with Crippen LogP contribution >= 0.6 is 15.9 Å². The Kier molecular flexibility index (Phi) is 3.67. The molecule has 0 fully saturated rings. The Hall–Kier alpha value is -2.25. The lowest BCUT2D eigenvalue weighted by molar-refractivity contribution is 0.0996. The highest BCUT2D eigenvalue weighted by molar-refractivity contribution is 9.10. The maximum atomic E-state index is 14.3. The summed E-state index contributed by atoms with van der Waals surface area (Å²) in [4.78, 5) is 18.3. The number of rotatable bonds is 3. The smallest absolute Gasteiger partial charge is 0.251 e. The Morgan fingerprint density at radius 1 is 1.41 bits per heavy atom. The molecule has 112 valence electrons. The number of aromatic amines is 1. The van der Waals surface area contributed by atoms with Crippen molar-refractivity contribution in [1.82, 2.24) is 9.97 Å². The zero-order valence-electron chi connectivity index (χ0n) is 11.2. The molecule has 0 saturated carbocycles. The summed E-state index contributed by atoms with van der Waals surface area (Å²) in [5, 5.41) is 11.2. The highest BCUT2D eigenvalue weighted by Gasteiger charge is 2.22. The molecule has 0 radical (unpaired) electrons. The first kappa shape index (κ1) is 14.7. The lowest BCUT2D eigenvalue weighted by Crippen LogP contribution is -2.15. The number of halogens is 2. The van der Waals surface area contributed by atoms with Gasteiger partial charge in [-0.15, -0.1) is 0 Å². The number of hydrogen-bond donors (Lipinski definition) is 3. The highest BCUT2D eigenvalue weighted by Crippen LogP contribution is 2.31. The van der Waals surface area contributed by atoms with E-state index >= 15 is 0 Å². The number of nitrogens with zero attached hydrogens (tertiary/aromatic N) is 1. The number of nitrogens with two attached hydrogens (primary N) is 1. The molecule has 0 spiro atoms. The summed E-state index contributed by atoms with van der Waals surface area (Å²) >= 11 is 3.31. The largest absolute Gasteiger partial charge is 0.383 e. The van der Waals surface area contributed by atoms with Crippen molar-refractivity contribution in [3.8, 4) is 0 Å². The molecule has 22 heavy (non-hydrogen) atoms. The van der Waals surface area contributed by atoms with E-state index in [1.54, 1.807) is 18.5 Å². The third-order valence-electron chi connectivity index (χ3n) is 3.41. The van der Waals surface area contributed by atoms with Gasteiger partial charge in [0.15, 0.2) is 0 Å². The van der Waals surface area contributed by atoms with Gasteiger partial charge >= 0.3 is 0 Å². The predicted octanol–water partition coefficient (Wildman–Crippen LogP) is 2.65. The van der Waals surface area contributed by atoms with E-state index in [1.807, 2.05) is 0 Å². The Morgan fingerprint density at radius 3 is 2.91 bits per heavy atom. The molecule has 3 aromatic rings. The van der Waals surface area contributed by atoms with Gasteiger partial charge in [-0.25, -0.2) is 9.37 Å². The molecule has 2 heterocycles. The number of carbonyl (C=O) groups excluding carboxylic acids is 1. The number of benzene rings is 1. The van der Waals surface area contributed by atoms with Crippen LogP contribution in [0.4, 0.5) is 4.39 Å². The molecule has 1 atom stereocenters. The van der Waals surface area contributed by atoms with Crippen LogP contribution in [0, 0.1) is 5.82 Å². The molecule has 2 aromatic heterocycles. The number of aromatic nitrogens is 2. The summed E-state index contributed by atoms with van der Waals surface area (Å²) in [6.07, 6.45) is 1.93. The summed E-state index contributed by atoms with van der Waals surface area (Å²) in [5.74, 6) is -1.70. The number of H-pyrrole nitrogens is 1. The van der Waals surface area contributed by atoms with Gasteiger partial charge in [-0.1, -0.05) is 12.1 Å². The van der Waals surface area contributed by atoms with Gasteiger partial charge in [-0.3, -0.25) is 4.79 Å². The number of hydrogen-bond acceptors (Lipinski definition) is 3. The van der Waals surface area contributed by atoms with Crippen LogP contribution in [0.5, 0.6) is 0 Å². The summed E-state index contributed by atoms with van der Waals surface area (Å²) in [6.45, 7) is 0. The van der Waals surface area contributed by atoms with Gasteiger partial charge in [0, 0.05) is 33.4 Å². The molecule has 7 heteroatoms. The second-order valence-corrected chi connectivity index (χ2v) is 5.68. The predicted molar refractivity (Wildman–Crippen MR) is 82.8 cm³/mol. The van der Waals surface area contributed by atoms with Gasteiger partial charge in [-0.2, -0.15) is 0 Å². The van der Waals surface area contributed by atoms with Crippen molar-refractivity contribution >= 4 is 32.9 Å². The fourth-order valence-corrected chi connectivity index (χ4v) is 2.67. The second-order valence-electron chi connectivity index (χ2n) is 4.77. The summed E-state index contributed by atoms with van der Waals surface area (Å²) in [7, 11) is 0. The molecule has 0 saturated heterocycles. The normalized spacial score (nSPS) is 12.5. The molecule has 0 bridgehead atoms. The lowest BCUT2D eigenvalue weighted by Gasteiger charge is -2.13. The maximum Gasteiger partial charge on any atom is 0.251 e. The topological polar surface area (TPSA) is 92.0 Å². The minimum Gasteiger partial charge on any atom is -0.383 e. The number of pyridine rings is 1. The van der Waals surface area contributed by atoms with Gasteiger partial charge in [-0.05, 0) is 28.1 Å². The van der Waals surface area contributed by atoms with Crippen molar-refractivity contribution in [2.24, 2.45) is 5.73 Å². The van der Waals surface area contributed by atoms with Crippen LogP contribution in [0.15, 0.2) is 41.1 Å². The zero-order chi connectivity index (χ0) is 15.9. The fourth-order valence-electron chi connectivity index (χ4n) is 2.34. The van der Waals surface area contributed by atoms with Crippen LogP contribution < -0.4 is 5.73 Å². The van der Waals surface area contributed by atoms with E-state index < -0.39 is 17.8 Å². The van der Waals surface area contributed by atoms with Gasteiger partial charge in [0.25, 0.3) is 5.91 Å². The summed E-state index contributed by atoms with van der Waals surface area (Å²) in [6, 6.07) is 5.94. The van der Waals surface area contributed by atoms with E-state index in [0.29, 0.717) is 16.6 Å². The number of aliphatic hydroxyl groups excluding tert-OH is 1. The number of fused-ring (bicyclic) bond motifs is 1. The third kappa shape index (κ3) is 2.38. The minimum absolute atomic E-state index is 0.0165. The molecule has 5 nitrogen and oxygen atoms in total. The van der Waals surface area contributed by atoms with Crippen LogP contribution in [-0.4, -0.2) is 21.0 Å². The average Bonchev–Trinajstić information content (AvgIpc) is 2.89. The van der Waals surface area contributed by atoms with Crippen LogP contribution in [-0.2, 0) is 0 Å². The number of carbonyl (C=O) groups is 1. The van der Waals surface area contributed by atoms with Gasteiger partial charge in [0.1, 0.15) is 17.6 Å². The molecule has 1 amide bonds. The molecule has 1 aromatic carbocycles. The first-order chi connectivity index (χ1) is 10.5. The van der Waals surface area contributed by atoms with E-state index in [2.05, 4.69) is 25.9 Å². The van der Waals surface area contributed by atoms with Gasteiger partial charge in [0.05, 0.1) is 5.56 Å². The average molecular weight is 364 g/mol. The number of nitrogens with one attached hydrogen (secondary N) is 1. The quantitative estimate of drug-likeness (QED) is 0.667. The van der Waals surface area contributed by atoms with Crippen molar-refractivity contribution in [3.63, 3.8) is 0 Å². The SMILES string of the molecule is NC(=O)c1cccc(C(O)c2c[nH]c3ncc(Br)cc23)c1F. The van der Waals surface area contributed by atoms with Crippen LogP contribution in [0.3, 0.4) is 0 Å². The molecule has 3 rings (SSSR count). The third-order valence-corrected chi connectivity index (χ3v) is 3.85. The molecular weight excluding hydrogens is 353 g/mol. The second kappa shape index (κ2) is 5.51. The van der Waals surface area contributed by atoms with E-state index in [9.17, 15) is 14.3 Å². The standard InChI is InChI=1S/C15H11BrFN3O2/c16-7-4-10-11(6-20-15(10)19-5-7)13(21)8-2-1-3-9(12(8)17)14(18)22/h1-6,13,21H,(H2,18,22)(H,19,20). The number of aliphatic hydroxyl groups is 1. The van der Waals surface area contributed by atoms with Crippen molar-refractivity contribution in [2.75, 3.05) is 0 Å². The fraction of sp³-hybridized carbons (Fsp3) is 0.0667. The van der Waals surface area contributed by atoms with E-state index in [1.165, 1.54) is 18.2 Å². The highest BCUT2D eigenvalue weighted by atomic mass is 79.9. The van der Waals surface area contributed by atoms with Crippen LogP contribution in [0.2, 0.25) is 0 Å². The van der Waals surface area contributed by atoms with Crippen LogP contribution in [0.1, 0.15) is 27.6 Å². The Morgan fingerprint density at radius 2 is 2.18 bits per heavy atom. The first-order valence-electron chi connectivity index (χ1n) is 6.38. The number of amides is 1. The van der Waals surface area contributed by atoms with E-state index in [0.717, 1.165) is 4.47 Å². The number of primary amides is 1. The van der Waals surface area contributed by atoms with E-state index in [4.69, 9.17) is 5.73 Å². The Bertz CT molecular complexity index is 878. The molecule has 0 aliphatic rings. The van der Waals surface area contributed by atoms with Gasteiger partial charge in [0.2, 0.25) is 0 Å². The zero-order valence-corrected chi connectivity index (χ0v) is 12.8. The molecule has 0 aliphatic heterocycles.